The normalized spacial score (nSPS) is 23.7. The third kappa shape index (κ3) is 4.28. The fraction of sp³-hybridized carbons (Fsp3) is 0.923. The van der Waals surface area contributed by atoms with Crippen LogP contribution in [-0.2, 0) is 4.79 Å². The average Bonchev–Trinajstić information content (AvgIpc) is 2.34. The lowest BCUT2D eigenvalue weighted by atomic mass is 10.0. The standard InChI is InChI=1S/C13H27N3O/c1-4-12(5-2)15-13(17)10(3)16-8-6-7-11(14)9-16/h10-12H,4-9,14H2,1-3H3,(H,15,17)/t10?,11-/m1/s1. The van der Waals surface area contributed by atoms with Crippen LogP contribution in [0.3, 0.4) is 0 Å². The molecule has 4 nitrogen and oxygen atoms in total. The van der Waals surface area contributed by atoms with Crippen LogP contribution in [0.15, 0.2) is 0 Å². The van der Waals surface area contributed by atoms with E-state index in [0.29, 0.717) is 6.04 Å². The molecule has 1 unspecified atom stereocenters. The van der Waals surface area contributed by atoms with Crippen LogP contribution >= 0.6 is 0 Å². The molecule has 4 heteroatoms. The molecule has 0 aromatic carbocycles. The first kappa shape index (κ1) is 14.5. The number of carbonyl (C=O) groups excluding carboxylic acids is 1. The van der Waals surface area contributed by atoms with Gasteiger partial charge in [0.1, 0.15) is 0 Å². The predicted octanol–water partition coefficient (Wildman–Crippen LogP) is 1.10. The second-order valence-corrected chi connectivity index (χ2v) is 5.10. The Labute approximate surface area is 105 Å². The quantitative estimate of drug-likeness (QED) is 0.758. The first-order valence-corrected chi connectivity index (χ1v) is 6.88. The van der Waals surface area contributed by atoms with Gasteiger partial charge >= 0.3 is 0 Å². The highest BCUT2D eigenvalue weighted by Crippen LogP contribution is 2.12. The molecule has 3 N–H and O–H groups in total. The van der Waals surface area contributed by atoms with Crippen molar-refractivity contribution in [2.75, 3.05) is 13.1 Å². The summed E-state index contributed by atoms with van der Waals surface area (Å²) in [6, 6.07) is 0.484. The Hall–Kier alpha value is -0.610. The van der Waals surface area contributed by atoms with Crippen molar-refractivity contribution < 1.29 is 4.79 Å². The minimum atomic E-state index is -0.0538. The Morgan fingerprint density at radius 2 is 2.12 bits per heavy atom. The zero-order valence-corrected chi connectivity index (χ0v) is 11.4. The molecule has 0 aromatic heterocycles. The Morgan fingerprint density at radius 1 is 1.47 bits per heavy atom. The van der Waals surface area contributed by atoms with Crippen LogP contribution in [0.2, 0.25) is 0 Å². The first-order valence-electron chi connectivity index (χ1n) is 6.88. The van der Waals surface area contributed by atoms with Crippen LogP contribution in [0, 0.1) is 0 Å². The Balaban J connectivity index is 2.45. The van der Waals surface area contributed by atoms with Crippen molar-refractivity contribution in [2.24, 2.45) is 5.73 Å². The molecule has 0 saturated carbocycles. The number of amides is 1. The summed E-state index contributed by atoms with van der Waals surface area (Å²) in [4.78, 5) is 14.3. The van der Waals surface area contributed by atoms with Gasteiger partial charge < -0.3 is 11.1 Å². The molecule has 1 amide bonds. The highest BCUT2D eigenvalue weighted by atomic mass is 16.2. The van der Waals surface area contributed by atoms with Crippen LogP contribution in [0.1, 0.15) is 46.5 Å². The van der Waals surface area contributed by atoms with E-state index in [4.69, 9.17) is 5.73 Å². The Kier molecular flexibility index (Phi) is 5.92. The van der Waals surface area contributed by atoms with Crippen LogP contribution in [0.5, 0.6) is 0 Å². The van der Waals surface area contributed by atoms with Crippen LogP contribution in [0.4, 0.5) is 0 Å². The van der Waals surface area contributed by atoms with Gasteiger partial charge in [-0.2, -0.15) is 0 Å². The molecule has 1 heterocycles. The lowest BCUT2D eigenvalue weighted by Gasteiger charge is -2.35. The maximum Gasteiger partial charge on any atom is 0.237 e. The molecular weight excluding hydrogens is 214 g/mol. The molecule has 1 fully saturated rings. The number of hydrogen-bond donors (Lipinski definition) is 2. The number of hydrogen-bond acceptors (Lipinski definition) is 3. The molecule has 17 heavy (non-hydrogen) atoms. The van der Waals surface area contributed by atoms with Gasteiger partial charge in [0.2, 0.25) is 5.91 Å². The monoisotopic (exact) mass is 241 g/mol. The molecular formula is C13H27N3O. The van der Waals surface area contributed by atoms with Gasteiger partial charge in [0, 0.05) is 18.6 Å². The molecule has 0 bridgehead atoms. The maximum absolute atomic E-state index is 12.1. The van der Waals surface area contributed by atoms with Crippen molar-refractivity contribution in [3.8, 4) is 0 Å². The van der Waals surface area contributed by atoms with Crippen molar-refractivity contribution in [1.29, 1.82) is 0 Å². The van der Waals surface area contributed by atoms with E-state index in [1.54, 1.807) is 0 Å². The number of nitrogens with zero attached hydrogens (tertiary/aromatic N) is 1. The van der Waals surface area contributed by atoms with Gasteiger partial charge in [-0.25, -0.2) is 0 Å². The zero-order chi connectivity index (χ0) is 12.8. The number of rotatable bonds is 5. The van der Waals surface area contributed by atoms with E-state index in [-0.39, 0.29) is 18.0 Å². The third-order valence-electron chi connectivity index (χ3n) is 3.75. The number of likely N-dealkylation sites (tertiary alicyclic amines) is 1. The Morgan fingerprint density at radius 3 is 2.65 bits per heavy atom. The molecule has 2 atom stereocenters. The fourth-order valence-corrected chi connectivity index (χ4v) is 2.37. The molecule has 0 spiro atoms. The van der Waals surface area contributed by atoms with Gasteiger partial charge in [0.25, 0.3) is 0 Å². The van der Waals surface area contributed by atoms with E-state index < -0.39 is 0 Å². The lowest BCUT2D eigenvalue weighted by molar-refractivity contribution is -0.127. The summed E-state index contributed by atoms with van der Waals surface area (Å²) in [7, 11) is 0. The molecule has 0 aromatic rings. The molecule has 1 aliphatic rings. The molecule has 1 saturated heterocycles. The summed E-state index contributed by atoms with van der Waals surface area (Å²) in [5.74, 6) is 0.146. The number of piperidine rings is 1. The summed E-state index contributed by atoms with van der Waals surface area (Å²) >= 11 is 0. The van der Waals surface area contributed by atoms with E-state index in [2.05, 4.69) is 24.1 Å². The van der Waals surface area contributed by atoms with Gasteiger partial charge in [0.05, 0.1) is 6.04 Å². The van der Waals surface area contributed by atoms with Gasteiger partial charge in [0.15, 0.2) is 0 Å². The molecule has 0 radical (unpaired) electrons. The maximum atomic E-state index is 12.1. The average molecular weight is 241 g/mol. The van der Waals surface area contributed by atoms with E-state index in [1.165, 1.54) is 0 Å². The van der Waals surface area contributed by atoms with Gasteiger partial charge in [-0.3, -0.25) is 9.69 Å². The van der Waals surface area contributed by atoms with Crippen molar-refractivity contribution in [3.63, 3.8) is 0 Å². The summed E-state index contributed by atoms with van der Waals surface area (Å²) in [6.07, 6.45) is 4.17. The summed E-state index contributed by atoms with van der Waals surface area (Å²) in [5.41, 5.74) is 5.94. The SMILES string of the molecule is CCC(CC)NC(=O)C(C)N1CCC[C@@H](N)C1. The van der Waals surface area contributed by atoms with Gasteiger partial charge in [-0.1, -0.05) is 13.8 Å². The largest absolute Gasteiger partial charge is 0.352 e. The smallest absolute Gasteiger partial charge is 0.237 e. The van der Waals surface area contributed by atoms with Gasteiger partial charge in [-0.15, -0.1) is 0 Å². The number of nitrogens with one attached hydrogen (secondary N) is 1. The van der Waals surface area contributed by atoms with Crippen LogP contribution in [0.25, 0.3) is 0 Å². The highest BCUT2D eigenvalue weighted by Gasteiger charge is 2.26. The van der Waals surface area contributed by atoms with Crippen LogP contribution < -0.4 is 11.1 Å². The third-order valence-corrected chi connectivity index (χ3v) is 3.75. The summed E-state index contributed by atoms with van der Waals surface area (Å²) < 4.78 is 0. The molecule has 1 aliphatic heterocycles. The topological polar surface area (TPSA) is 58.4 Å². The van der Waals surface area contributed by atoms with Crippen molar-refractivity contribution >= 4 is 5.91 Å². The summed E-state index contributed by atoms with van der Waals surface area (Å²) in [6.45, 7) is 8.03. The second-order valence-electron chi connectivity index (χ2n) is 5.10. The fourth-order valence-electron chi connectivity index (χ4n) is 2.37. The van der Waals surface area contributed by atoms with E-state index in [1.807, 2.05) is 6.92 Å². The summed E-state index contributed by atoms with van der Waals surface area (Å²) in [5, 5.41) is 3.11. The highest BCUT2D eigenvalue weighted by molar-refractivity contribution is 5.81. The van der Waals surface area contributed by atoms with Crippen LogP contribution in [-0.4, -0.2) is 42.0 Å². The van der Waals surface area contributed by atoms with Crippen molar-refractivity contribution in [2.45, 2.75) is 64.6 Å². The lowest BCUT2D eigenvalue weighted by Crippen LogP contribution is -2.53. The number of carbonyl (C=O) groups is 1. The second kappa shape index (κ2) is 6.97. The minimum absolute atomic E-state index is 0.0538. The first-order chi connectivity index (χ1) is 8.08. The molecule has 0 aliphatic carbocycles. The Bertz CT molecular complexity index is 241. The molecule has 1 rings (SSSR count). The van der Waals surface area contributed by atoms with E-state index >= 15 is 0 Å². The number of nitrogens with two attached hydrogens (primary N) is 1. The van der Waals surface area contributed by atoms with Crippen molar-refractivity contribution in [3.05, 3.63) is 0 Å². The zero-order valence-electron chi connectivity index (χ0n) is 11.4. The van der Waals surface area contributed by atoms with Gasteiger partial charge in [-0.05, 0) is 39.2 Å². The van der Waals surface area contributed by atoms with Crippen molar-refractivity contribution in [1.82, 2.24) is 10.2 Å². The predicted molar refractivity (Wildman–Crippen MR) is 70.8 cm³/mol. The minimum Gasteiger partial charge on any atom is -0.352 e. The van der Waals surface area contributed by atoms with E-state index in [9.17, 15) is 4.79 Å². The van der Waals surface area contributed by atoms with E-state index in [0.717, 1.165) is 38.8 Å². The molecule has 100 valence electrons.